The van der Waals surface area contributed by atoms with Crippen molar-refractivity contribution < 1.29 is 9.53 Å². The van der Waals surface area contributed by atoms with Crippen LogP contribution in [-0.2, 0) is 11.3 Å². The molecule has 1 aromatic rings. The molecule has 1 aliphatic carbocycles. The summed E-state index contributed by atoms with van der Waals surface area (Å²) in [6, 6.07) is 0. The number of carbonyl (C=O) groups is 1. The van der Waals surface area contributed by atoms with Gasteiger partial charge >= 0.3 is 5.97 Å². The third-order valence-corrected chi connectivity index (χ3v) is 4.01. The first-order valence-corrected chi connectivity index (χ1v) is 7.02. The van der Waals surface area contributed by atoms with Crippen LogP contribution in [0.3, 0.4) is 0 Å². The van der Waals surface area contributed by atoms with Gasteiger partial charge in [0.15, 0.2) is 5.69 Å². The molecular weight excluding hydrogens is 244 g/mol. The number of piperidine rings is 1. The van der Waals surface area contributed by atoms with Gasteiger partial charge < -0.3 is 10.1 Å². The molecule has 0 unspecified atom stereocenters. The molecule has 1 aliphatic heterocycles. The molecule has 1 aromatic heterocycles. The summed E-state index contributed by atoms with van der Waals surface area (Å²) in [5.74, 6) is 0.715. The first-order valence-electron chi connectivity index (χ1n) is 7.02. The van der Waals surface area contributed by atoms with E-state index in [2.05, 4.69) is 15.6 Å². The van der Waals surface area contributed by atoms with Crippen LogP contribution in [0.5, 0.6) is 0 Å². The number of ether oxygens (including phenoxy) is 1. The van der Waals surface area contributed by atoms with Crippen molar-refractivity contribution >= 4 is 5.97 Å². The van der Waals surface area contributed by atoms with Gasteiger partial charge in [0, 0.05) is 12.5 Å². The van der Waals surface area contributed by atoms with Crippen molar-refractivity contribution in [2.24, 2.45) is 5.92 Å². The van der Waals surface area contributed by atoms with Crippen molar-refractivity contribution in [3.63, 3.8) is 0 Å². The molecule has 0 aromatic carbocycles. The van der Waals surface area contributed by atoms with Crippen molar-refractivity contribution in [2.45, 2.75) is 38.1 Å². The van der Waals surface area contributed by atoms with Crippen LogP contribution in [0.15, 0.2) is 0 Å². The summed E-state index contributed by atoms with van der Waals surface area (Å²) in [5, 5.41) is 11.6. The Labute approximate surface area is 112 Å². The van der Waals surface area contributed by atoms with Crippen molar-refractivity contribution in [3.05, 3.63) is 11.4 Å². The van der Waals surface area contributed by atoms with Gasteiger partial charge in [0.1, 0.15) is 0 Å². The zero-order valence-electron chi connectivity index (χ0n) is 11.3. The predicted molar refractivity (Wildman–Crippen MR) is 68.9 cm³/mol. The van der Waals surface area contributed by atoms with E-state index in [0.29, 0.717) is 17.5 Å². The van der Waals surface area contributed by atoms with E-state index < -0.39 is 0 Å². The fraction of sp³-hybridized carbons (Fsp3) is 0.769. The lowest BCUT2D eigenvalue weighted by atomic mass is 9.93. The maximum Gasteiger partial charge on any atom is 0.360 e. The zero-order valence-corrected chi connectivity index (χ0v) is 11.3. The van der Waals surface area contributed by atoms with Gasteiger partial charge in [-0.3, -0.25) is 0 Å². The molecule has 3 rings (SSSR count). The van der Waals surface area contributed by atoms with Gasteiger partial charge in [0.05, 0.1) is 12.8 Å². The summed E-state index contributed by atoms with van der Waals surface area (Å²) in [5.41, 5.74) is 1.40. The lowest BCUT2D eigenvalue weighted by Crippen LogP contribution is -2.29. The van der Waals surface area contributed by atoms with Gasteiger partial charge in [-0.05, 0) is 44.7 Å². The molecular formula is C13H20N4O2. The standard InChI is InChI=1S/C13H20N4O2/c1-19-13(18)11-12(10-4-6-14-7-5-10)17(16-15-11)8-9-2-3-9/h9-10,14H,2-8H2,1H3. The SMILES string of the molecule is COC(=O)c1nnn(CC2CC2)c1C1CCNCC1. The Morgan fingerprint density at radius 3 is 2.74 bits per heavy atom. The number of nitrogens with zero attached hydrogens (tertiary/aromatic N) is 3. The van der Waals surface area contributed by atoms with Crippen LogP contribution < -0.4 is 5.32 Å². The molecule has 19 heavy (non-hydrogen) atoms. The van der Waals surface area contributed by atoms with E-state index >= 15 is 0 Å². The van der Waals surface area contributed by atoms with Crippen molar-refractivity contribution in [1.29, 1.82) is 0 Å². The number of hydrogen-bond acceptors (Lipinski definition) is 5. The minimum absolute atomic E-state index is 0.365. The largest absolute Gasteiger partial charge is 0.464 e. The molecule has 2 aliphatic rings. The van der Waals surface area contributed by atoms with E-state index in [0.717, 1.165) is 38.2 Å². The predicted octanol–water partition coefficient (Wildman–Crippen LogP) is 0.942. The van der Waals surface area contributed by atoms with Crippen molar-refractivity contribution in [2.75, 3.05) is 20.2 Å². The number of aromatic nitrogens is 3. The second-order valence-electron chi connectivity index (χ2n) is 5.46. The van der Waals surface area contributed by atoms with Gasteiger partial charge in [0.2, 0.25) is 0 Å². The minimum atomic E-state index is -0.365. The van der Waals surface area contributed by atoms with E-state index in [9.17, 15) is 4.79 Å². The highest BCUT2D eigenvalue weighted by molar-refractivity contribution is 5.88. The molecule has 0 atom stereocenters. The highest BCUT2D eigenvalue weighted by atomic mass is 16.5. The van der Waals surface area contributed by atoms with Gasteiger partial charge in [-0.2, -0.15) is 0 Å². The molecule has 0 spiro atoms. The second-order valence-corrected chi connectivity index (χ2v) is 5.46. The maximum atomic E-state index is 11.8. The van der Waals surface area contributed by atoms with Crippen LogP contribution >= 0.6 is 0 Å². The number of hydrogen-bond donors (Lipinski definition) is 1. The molecule has 2 heterocycles. The molecule has 6 heteroatoms. The van der Waals surface area contributed by atoms with Crippen LogP contribution in [0.4, 0.5) is 0 Å². The van der Waals surface area contributed by atoms with Crippen LogP contribution in [0.1, 0.15) is 47.8 Å². The Bertz CT molecular complexity index is 461. The Hall–Kier alpha value is -1.43. The quantitative estimate of drug-likeness (QED) is 0.820. The molecule has 2 fully saturated rings. The molecule has 104 valence electrons. The normalized spacial score (nSPS) is 20.5. The molecule has 1 saturated heterocycles. The first kappa shape index (κ1) is 12.6. The molecule has 6 nitrogen and oxygen atoms in total. The van der Waals surface area contributed by atoms with E-state index in [1.807, 2.05) is 4.68 Å². The van der Waals surface area contributed by atoms with E-state index in [-0.39, 0.29) is 5.97 Å². The van der Waals surface area contributed by atoms with Gasteiger partial charge in [-0.1, -0.05) is 5.21 Å². The zero-order chi connectivity index (χ0) is 13.2. The summed E-state index contributed by atoms with van der Waals surface area (Å²) in [7, 11) is 1.40. The summed E-state index contributed by atoms with van der Waals surface area (Å²) < 4.78 is 6.78. The first-order chi connectivity index (χ1) is 9.29. The summed E-state index contributed by atoms with van der Waals surface area (Å²) >= 11 is 0. The van der Waals surface area contributed by atoms with E-state index in [4.69, 9.17) is 4.74 Å². The molecule has 1 saturated carbocycles. The number of nitrogens with one attached hydrogen (secondary N) is 1. The number of methoxy groups -OCH3 is 1. The third-order valence-electron chi connectivity index (χ3n) is 4.01. The molecule has 0 bridgehead atoms. The van der Waals surface area contributed by atoms with E-state index in [1.54, 1.807) is 0 Å². The maximum absolute atomic E-state index is 11.8. The van der Waals surface area contributed by atoms with Gasteiger partial charge in [-0.15, -0.1) is 5.10 Å². The number of esters is 1. The minimum Gasteiger partial charge on any atom is -0.464 e. The summed E-state index contributed by atoms with van der Waals surface area (Å²) in [4.78, 5) is 11.8. The smallest absolute Gasteiger partial charge is 0.360 e. The Morgan fingerprint density at radius 1 is 1.37 bits per heavy atom. The van der Waals surface area contributed by atoms with Crippen LogP contribution in [0.2, 0.25) is 0 Å². The highest BCUT2D eigenvalue weighted by Crippen LogP contribution is 2.33. The topological polar surface area (TPSA) is 69.0 Å². The lowest BCUT2D eigenvalue weighted by Gasteiger charge is -2.23. The fourth-order valence-corrected chi connectivity index (χ4v) is 2.74. The van der Waals surface area contributed by atoms with Gasteiger partial charge in [-0.25, -0.2) is 9.48 Å². The highest BCUT2D eigenvalue weighted by Gasteiger charge is 2.31. The van der Waals surface area contributed by atoms with Gasteiger partial charge in [0.25, 0.3) is 0 Å². The Morgan fingerprint density at radius 2 is 2.11 bits per heavy atom. The molecule has 1 N–H and O–H groups in total. The summed E-state index contributed by atoms with van der Waals surface area (Å²) in [6.07, 6.45) is 4.59. The average Bonchev–Trinajstić information content (AvgIpc) is 3.17. The monoisotopic (exact) mass is 264 g/mol. The third kappa shape index (κ3) is 2.63. The molecule has 0 amide bonds. The number of carbonyl (C=O) groups excluding carboxylic acids is 1. The second kappa shape index (κ2) is 5.28. The van der Waals surface area contributed by atoms with Crippen LogP contribution in [0, 0.1) is 5.92 Å². The van der Waals surface area contributed by atoms with Crippen molar-refractivity contribution in [3.8, 4) is 0 Å². The number of rotatable bonds is 4. The lowest BCUT2D eigenvalue weighted by molar-refractivity contribution is 0.0591. The average molecular weight is 264 g/mol. The Kier molecular flexibility index (Phi) is 3.50. The van der Waals surface area contributed by atoms with Crippen LogP contribution in [-0.4, -0.2) is 41.2 Å². The summed E-state index contributed by atoms with van der Waals surface area (Å²) in [6.45, 7) is 2.86. The van der Waals surface area contributed by atoms with Crippen LogP contribution in [0.25, 0.3) is 0 Å². The Balaban J connectivity index is 1.90. The van der Waals surface area contributed by atoms with E-state index in [1.165, 1.54) is 20.0 Å². The molecule has 0 radical (unpaired) electrons. The fourth-order valence-electron chi connectivity index (χ4n) is 2.74. The van der Waals surface area contributed by atoms with Crippen molar-refractivity contribution in [1.82, 2.24) is 20.3 Å².